The van der Waals surface area contributed by atoms with Crippen LogP contribution >= 0.6 is 0 Å². The Morgan fingerprint density at radius 1 is 0.929 bits per heavy atom. The maximum atomic E-state index is 13.0. The van der Waals surface area contributed by atoms with Crippen molar-refractivity contribution in [1.29, 1.82) is 0 Å². The minimum absolute atomic E-state index is 0.0377. The molecular formula is C22H24N3O3+. The van der Waals surface area contributed by atoms with Gasteiger partial charge in [-0.3, -0.25) is 14.4 Å². The van der Waals surface area contributed by atoms with Crippen molar-refractivity contribution in [3.8, 4) is 0 Å². The molecule has 1 atom stereocenters. The summed E-state index contributed by atoms with van der Waals surface area (Å²) in [7, 11) is 0. The summed E-state index contributed by atoms with van der Waals surface area (Å²) in [5, 5.41) is 0. The average Bonchev–Trinajstić information content (AvgIpc) is 3.03. The van der Waals surface area contributed by atoms with Crippen LogP contribution in [0.1, 0.15) is 23.7 Å². The molecule has 2 aromatic rings. The molecule has 6 nitrogen and oxygen atoms in total. The van der Waals surface area contributed by atoms with E-state index in [4.69, 9.17) is 0 Å². The van der Waals surface area contributed by atoms with E-state index in [0.717, 1.165) is 26.2 Å². The minimum atomic E-state index is -0.321. The topological polar surface area (TPSA) is 62.1 Å². The molecule has 2 aromatic carbocycles. The van der Waals surface area contributed by atoms with Gasteiger partial charge >= 0.3 is 0 Å². The quantitative estimate of drug-likeness (QED) is 0.635. The van der Waals surface area contributed by atoms with Crippen molar-refractivity contribution in [2.24, 2.45) is 0 Å². The number of rotatable bonds is 4. The van der Waals surface area contributed by atoms with Gasteiger partial charge in [0.2, 0.25) is 5.91 Å². The highest BCUT2D eigenvalue weighted by Gasteiger charge is 2.46. The molecule has 2 saturated heterocycles. The van der Waals surface area contributed by atoms with E-state index in [1.165, 1.54) is 22.4 Å². The van der Waals surface area contributed by atoms with Crippen molar-refractivity contribution < 1.29 is 19.3 Å². The number of amides is 2. The van der Waals surface area contributed by atoms with Gasteiger partial charge in [0.1, 0.15) is 0 Å². The average molecular weight is 378 g/mol. The molecule has 0 aliphatic carbocycles. The van der Waals surface area contributed by atoms with Crippen LogP contribution in [0.25, 0.3) is 0 Å². The summed E-state index contributed by atoms with van der Waals surface area (Å²) in [6.07, 6.45) is 0.244. The second kappa shape index (κ2) is 7.56. The molecule has 1 N–H and O–H groups in total. The predicted molar refractivity (Wildman–Crippen MR) is 107 cm³/mol. The summed E-state index contributed by atoms with van der Waals surface area (Å²) in [5.41, 5.74) is 2.31. The molecule has 0 aromatic heterocycles. The number of anilines is 2. The van der Waals surface area contributed by atoms with E-state index in [-0.39, 0.29) is 30.1 Å². The number of nitrogens with zero attached hydrogens (tertiary/aromatic N) is 2. The highest BCUT2D eigenvalue weighted by atomic mass is 16.2. The van der Waals surface area contributed by atoms with E-state index in [9.17, 15) is 14.4 Å². The number of quaternary nitrogens is 1. The van der Waals surface area contributed by atoms with Crippen molar-refractivity contribution in [2.75, 3.05) is 36.0 Å². The van der Waals surface area contributed by atoms with Crippen LogP contribution in [0.4, 0.5) is 11.4 Å². The fourth-order valence-corrected chi connectivity index (χ4v) is 4.11. The zero-order chi connectivity index (χ0) is 19.7. The van der Waals surface area contributed by atoms with Crippen molar-refractivity contribution in [2.45, 2.75) is 19.4 Å². The van der Waals surface area contributed by atoms with Crippen molar-refractivity contribution >= 4 is 29.0 Å². The van der Waals surface area contributed by atoms with Gasteiger partial charge in [-0.25, -0.2) is 4.90 Å². The molecule has 0 unspecified atom stereocenters. The summed E-state index contributed by atoms with van der Waals surface area (Å²) in [6, 6.07) is 16.6. The van der Waals surface area contributed by atoms with E-state index in [1.54, 1.807) is 24.3 Å². The van der Waals surface area contributed by atoms with Gasteiger partial charge < -0.3 is 9.80 Å². The molecule has 0 radical (unpaired) electrons. The Hall–Kier alpha value is -2.99. The number of nitrogens with one attached hydrogen (secondary N) is 1. The molecule has 144 valence electrons. The molecule has 0 bridgehead atoms. The molecule has 2 amide bonds. The van der Waals surface area contributed by atoms with Crippen LogP contribution in [0.2, 0.25) is 0 Å². The maximum absolute atomic E-state index is 13.0. The van der Waals surface area contributed by atoms with Crippen LogP contribution in [0.5, 0.6) is 0 Å². The molecule has 0 spiro atoms. The van der Waals surface area contributed by atoms with E-state index in [0.29, 0.717) is 11.3 Å². The van der Waals surface area contributed by atoms with Gasteiger partial charge in [-0.15, -0.1) is 0 Å². The number of carbonyl (C=O) groups is 3. The summed E-state index contributed by atoms with van der Waals surface area (Å²) in [5.74, 6) is -0.337. The first-order valence-corrected chi connectivity index (χ1v) is 9.67. The molecule has 2 fully saturated rings. The molecule has 0 saturated carbocycles. The summed E-state index contributed by atoms with van der Waals surface area (Å²) < 4.78 is 0. The van der Waals surface area contributed by atoms with Gasteiger partial charge in [0.25, 0.3) is 5.91 Å². The minimum Gasteiger partial charge on any atom is -0.360 e. The van der Waals surface area contributed by atoms with E-state index >= 15 is 0 Å². The number of hydrogen-bond donors (Lipinski definition) is 1. The maximum Gasteiger partial charge on any atom is 0.292 e. The third-order valence-corrected chi connectivity index (χ3v) is 5.70. The lowest BCUT2D eigenvalue weighted by Gasteiger charge is -2.35. The number of benzene rings is 2. The second-order valence-electron chi connectivity index (χ2n) is 7.41. The normalized spacial score (nSPS) is 20.7. The lowest BCUT2D eigenvalue weighted by atomic mass is 10.1. The van der Waals surface area contributed by atoms with Crippen LogP contribution in [0.3, 0.4) is 0 Å². The summed E-state index contributed by atoms with van der Waals surface area (Å²) in [4.78, 5) is 41.8. The van der Waals surface area contributed by atoms with Crippen molar-refractivity contribution in [3.63, 3.8) is 0 Å². The SMILES string of the molecule is CC(=O)c1ccc(N2C(=O)C[C@@H]([NH+]3CCN(c4ccccc4)CC3)C2=O)cc1. The lowest BCUT2D eigenvalue weighted by molar-refractivity contribution is -0.915. The summed E-state index contributed by atoms with van der Waals surface area (Å²) in [6.45, 7) is 4.89. The smallest absolute Gasteiger partial charge is 0.292 e. The Morgan fingerprint density at radius 2 is 1.57 bits per heavy atom. The Bertz CT molecular complexity index is 887. The first-order chi connectivity index (χ1) is 13.5. The van der Waals surface area contributed by atoms with Crippen LogP contribution in [-0.4, -0.2) is 49.8 Å². The number of hydrogen-bond acceptors (Lipinski definition) is 4. The van der Waals surface area contributed by atoms with Gasteiger partial charge in [-0.05, 0) is 43.3 Å². The van der Waals surface area contributed by atoms with E-state index in [2.05, 4.69) is 17.0 Å². The van der Waals surface area contributed by atoms with E-state index < -0.39 is 0 Å². The highest BCUT2D eigenvalue weighted by molar-refractivity contribution is 6.22. The molecule has 6 heteroatoms. The zero-order valence-corrected chi connectivity index (χ0v) is 15.9. The fourth-order valence-electron chi connectivity index (χ4n) is 4.11. The highest BCUT2D eigenvalue weighted by Crippen LogP contribution is 2.23. The standard InChI is InChI=1S/C22H23N3O3/c1-16(26)17-7-9-19(10-8-17)25-21(27)15-20(22(25)28)24-13-11-23(12-14-24)18-5-3-2-4-6-18/h2-10,20H,11-15H2,1H3/p+1/t20-/m1/s1. The lowest BCUT2D eigenvalue weighted by Crippen LogP contribution is -3.19. The first kappa shape index (κ1) is 18.4. The third kappa shape index (κ3) is 3.43. The monoisotopic (exact) mass is 378 g/mol. The molecule has 28 heavy (non-hydrogen) atoms. The Balaban J connectivity index is 1.44. The van der Waals surface area contributed by atoms with Gasteiger partial charge in [0.15, 0.2) is 11.8 Å². The summed E-state index contributed by atoms with van der Waals surface area (Å²) >= 11 is 0. The van der Waals surface area contributed by atoms with Crippen LogP contribution in [0, 0.1) is 0 Å². The molecule has 2 aliphatic rings. The van der Waals surface area contributed by atoms with Crippen molar-refractivity contribution in [3.05, 3.63) is 60.2 Å². The molecule has 2 aliphatic heterocycles. The molecular weight excluding hydrogens is 354 g/mol. The zero-order valence-electron chi connectivity index (χ0n) is 15.9. The largest absolute Gasteiger partial charge is 0.360 e. The first-order valence-electron chi connectivity index (χ1n) is 9.67. The van der Waals surface area contributed by atoms with Gasteiger partial charge in [-0.2, -0.15) is 0 Å². The Kier molecular flexibility index (Phi) is 4.96. The Labute approximate surface area is 164 Å². The predicted octanol–water partition coefficient (Wildman–Crippen LogP) is 0.926. The van der Waals surface area contributed by atoms with Crippen LogP contribution < -0.4 is 14.7 Å². The number of Topliss-reactive ketones (excluding diaryl/α,β-unsaturated/α-hetero) is 1. The molecule has 2 heterocycles. The number of imide groups is 1. The van der Waals surface area contributed by atoms with Gasteiger partial charge in [0.05, 0.1) is 38.3 Å². The fraction of sp³-hybridized carbons (Fsp3) is 0.318. The number of piperazine rings is 1. The van der Waals surface area contributed by atoms with Gasteiger partial charge in [-0.1, -0.05) is 18.2 Å². The third-order valence-electron chi connectivity index (χ3n) is 5.70. The van der Waals surface area contributed by atoms with Gasteiger partial charge in [0, 0.05) is 11.3 Å². The number of carbonyl (C=O) groups excluding carboxylic acids is 3. The Morgan fingerprint density at radius 3 is 2.18 bits per heavy atom. The van der Waals surface area contributed by atoms with Crippen LogP contribution in [0.15, 0.2) is 54.6 Å². The van der Waals surface area contributed by atoms with E-state index in [1.807, 2.05) is 18.2 Å². The molecule has 4 rings (SSSR count). The van der Waals surface area contributed by atoms with Crippen LogP contribution in [-0.2, 0) is 9.59 Å². The second-order valence-corrected chi connectivity index (χ2v) is 7.41. The number of para-hydroxylation sites is 1. The number of ketones is 1. The van der Waals surface area contributed by atoms with Crippen molar-refractivity contribution in [1.82, 2.24) is 0 Å².